The first-order valence-corrected chi connectivity index (χ1v) is 12.1. The number of rotatable bonds is 4. The van der Waals surface area contributed by atoms with Gasteiger partial charge in [0.25, 0.3) is 17.0 Å². The minimum atomic E-state index is -2.90. The van der Waals surface area contributed by atoms with Gasteiger partial charge in [-0.25, -0.2) is 0 Å². The van der Waals surface area contributed by atoms with Gasteiger partial charge in [0.1, 0.15) is 0 Å². The van der Waals surface area contributed by atoms with Gasteiger partial charge in [-0.2, -0.15) is 0 Å². The fraction of sp³-hybridized carbons (Fsp3) is 0.333. The van der Waals surface area contributed by atoms with Crippen molar-refractivity contribution in [2.45, 2.75) is 26.2 Å². The molecule has 0 spiro atoms. The molecule has 0 radical (unpaired) electrons. The minimum Gasteiger partial charge on any atom is -0.424 e. The highest BCUT2D eigenvalue weighted by atomic mass is 28.4. The molecule has 0 aromatic carbocycles. The molecular weight excluding hydrogens is 308 g/mol. The number of imide groups is 2. The molecule has 0 saturated heterocycles. The second-order valence-electron chi connectivity index (χ2n) is 5.69. The van der Waals surface area contributed by atoms with E-state index in [4.69, 9.17) is 4.12 Å². The first kappa shape index (κ1) is 15.5. The molecule has 0 bridgehead atoms. The van der Waals surface area contributed by atoms with Gasteiger partial charge in [-0.05, 0) is 26.2 Å². The van der Waals surface area contributed by atoms with E-state index < -0.39 is 40.6 Å². The summed E-state index contributed by atoms with van der Waals surface area (Å²) in [6.45, 7) is 6.79. The van der Waals surface area contributed by atoms with Gasteiger partial charge < -0.3 is 4.12 Å². The van der Waals surface area contributed by atoms with Crippen LogP contribution in [0.3, 0.4) is 0 Å². The molecule has 112 valence electrons. The Morgan fingerprint density at radius 1 is 0.667 bits per heavy atom. The summed E-state index contributed by atoms with van der Waals surface area (Å²) in [5.74, 6) is -1.67. The van der Waals surface area contributed by atoms with Crippen LogP contribution in [0.5, 0.6) is 0 Å². The van der Waals surface area contributed by atoms with Gasteiger partial charge in [0, 0.05) is 24.3 Å². The van der Waals surface area contributed by atoms with Gasteiger partial charge in [-0.1, -0.05) is 0 Å². The van der Waals surface area contributed by atoms with Crippen LogP contribution in [0.25, 0.3) is 0 Å². The predicted octanol–water partition coefficient (Wildman–Crippen LogP) is 0.257. The number of carbonyl (C=O) groups is 4. The third-order valence-electron chi connectivity index (χ3n) is 3.20. The third kappa shape index (κ3) is 2.67. The minimum absolute atomic E-state index is 0.418. The van der Waals surface area contributed by atoms with E-state index >= 15 is 0 Å². The quantitative estimate of drug-likeness (QED) is 0.547. The molecule has 0 aromatic rings. The van der Waals surface area contributed by atoms with Crippen LogP contribution in [0.2, 0.25) is 26.2 Å². The highest BCUT2D eigenvalue weighted by Crippen LogP contribution is 2.25. The summed E-state index contributed by atoms with van der Waals surface area (Å²) in [7, 11) is -5.80. The fourth-order valence-corrected chi connectivity index (χ4v) is 10.6. The molecule has 0 fully saturated rings. The Kier molecular flexibility index (Phi) is 3.60. The van der Waals surface area contributed by atoms with E-state index in [1.165, 1.54) is 24.3 Å². The first-order chi connectivity index (χ1) is 9.56. The molecule has 9 heteroatoms. The highest BCUT2D eigenvalue weighted by molar-refractivity contribution is 6.87. The van der Waals surface area contributed by atoms with Gasteiger partial charge >= 0.3 is 0 Å². The van der Waals surface area contributed by atoms with Crippen molar-refractivity contribution in [1.82, 2.24) is 9.13 Å². The zero-order valence-electron chi connectivity index (χ0n) is 12.2. The Morgan fingerprint density at radius 2 is 0.905 bits per heavy atom. The zero-order valence-corrected chi connectivity index (χ0v) is 14.2. The molecule has 2 aliphatic heterocycles. The summed E-state index contributed by atoms with van der Waals surface area (Å²) in [4.78, 5) is 47.2. The Balaban J connectivity index is 2.23. The van der Waals surface area contributed by atoms with Crippen LogP contribution in [-0.4, -0.2) is 49.7 Å². The Labute approximate surface area is 124 Å². The lowest BCUT2D eigenvalue weighted by Gasteiger charge is -2.40. The normalized spacial score (nSPS) is 19.4. The van der Waals surface area contributed by atoms with Crippen molar-refractivity contribution < 1.29 is 23.3 Å². The summed E-state index contributed by atoms with van der Waals surface area (Å²) in [5, 5.41) is 0. The summed E-state index contributed by atoms with van der Waals surface area (Å²) in [6, 6.07) is 0. The molecular formula is C12H16N2O5Si2. The molecule has 2 rings (SSSR count). The zero-order chi connectivity index (χ0) is 16.0. The van der Waals surface area contributed by atoms with E-state index in [1.807, 2.05) is 0 Å². The first-order valence-electron chi connectivity index (χ1n) is 6.39. The topological polar surface area (TPSA) is 84.0 Å². The van der Waals surface area contributed by atoms with Gasteiger partial charge in [0.2, 0.25) is 23.6 Å². The van der Waals surface area contributed by atoms with Crippen molar-refractivity contribution in [2.75, 3.05) is 0 Å². The second kappa shape index (κ2) is 4.86. The third-order valence-corrected chi connectivity index (χ3v) is 10.2. The standard InChI is InChI=1S/C12H16N2O5Si2/c1-20(2,13-9(15)5-6-10(13)16)19-21(3,4)14-11(17)7-8-12(14)18/h5-8H,1-4H3. The summed E-state index contributed by atoms with van der Waals surface area (Å²) in [6.07, 6.45) is 4.79. The van der Waals surface area contributed by atoms with E-state index in [9.17, 15) is 19.2 Å². The fourth-order valence-electron chi connectivity index (χ4n) is 2.56. The molecule has 2 aliphatic rings. The molecule has 21 heavy (non-hydrogen) atoms. The lowest BCUT2D eigenvalue weighted by Crippen LogP contribution is -2.64. The molecule has 0 atom stereocenters. The smallest absolute Gasteiger partial charge is 0.295 e. The van der Waals surface area contributed by atoms with Crippen LogP contribution < -0.4 is 0 Å². The van der Waals surface area contributed by atoms with Gasteiger partial charge in [-0.3, -0.25) is 28.3 Å². The van der Waals surface area contributed by atoms with Gasteiger partial charge in [-0.15, -0.1) is 0 Å². The van der Waals surface area contributed by atoms with Crippen LogP contribution in [-0.2, 0) is 23.3 Å². The Hall–Kier alpha value is -1.85. The molecule has 0 aromatic heterocycles. The lowest BCUT2D eigenvalue weighted by atomic mass is 10.6. The SMILES string of the molecule is C[Si](C)(O[Si](C)(C)N1C(=O)C=CC1=O)N1C(=O)C=CC1=O. The second-order valence-corrected chi connectivity index (χ2v) is 13.2. The van der Waals surface area contributed by atoms with E-state index in [-0.39, 0.29) is 0 Å². The summed E-state index contributed by atoms with van der Waals surface area (Å²) in [5.41, 5.74) is 0. The van der Waals surface area contributed by atoms with Crippen molar-refractivity contribution in [3.05, 3.63) is 24.3 Å². The number of hydrogen-bond donors (Lipinski definition) is 0. The van der Waals surface area contributed by atoms with Crippen LogP contribution in [0.1, 0.15) is 0 Å². The molecule has 0 saturated carbocycles. The number of nitrogens with zero attached hydrogens (tertiary/aromatic N) is 2. The van der Waals surface area contributed by atoms with Crippen LogP contribution in [0, 0.1) is 0 Å². The van der Waals surface area contributed by atoms with Gasteiger partial charge in [0.15, 0.2) is 0 Å². The van der Waals surface area contributed by atoms with E-state index in [1.54, 1.807) is 26.2 Å². The van der Waals surface area contributed by atoms with Crippen LogP contribution in [0.15, 0.2) is 24.3 Å². The van der Waals surface area contributed by atoms with Crippen molar-refractivity contribution in [3.63, 3.8) is 0 Å². The van der Waals surface area contributed by atoms with E-state index in [0.29, 0.717) is 0 Å². The maximum atomic E-state index is 11.8. The molecule has 0 aliphatic carbocycles. The van der Waals surface area contributed by atoms with Crippen molar-refractivity contribution in [3.8, 4) is 0 Å². The Bertz CT molecular complexity index is 521. The monoisotopic (exact) mass is 324 g/mol. The molecule has 4 amide bonds. The number of amides is 4. The molecule has 0 unspecified atom stereocenters. The van der Waals surface area contributed by atoms with E-state index in [0.717, 1.165) is 9.13 Å². The van der Waals surface area contributed by atoms with Crippen molar-refractivity contribution >= 4 is 40.6 Å². The lowest BCUT2D eigenvalue weighted by molar-refractivity contribution is -0.133. The molecule has 2 heterocycles. The molecule has 0 N–H and O–H groups in total. The maximum Gasteiger partial charge on any atom is 0.295 e. The molecule has 7 nitrogen and oxygen atoms in total. The summed E-state index contributed by atoms with van der Waals surface area (Å²) >= 11 is 0. The predicted molar refractivity (Wildman–Crippen MR) is 78.0 cm³/mol. The van der Waals surface area contributed by atoms with Gasteiger partial charge in [0.05, 0.1) is 0 Å². The Morgan fingerprint density at radius 3 is 1.14 bits per heavy atom. The number of hydrogen-bond acceptors (Lipinski definition) is 5. The van der Waals surface area contributed by atoms with Crippen LogP contribution >= 0.6 is 0 Å². The van der Waals surface area contributed by atoms with Crippen molar-refractivity contribution in [1.29, 1.82) is 0 Å². The average Bonchev–Trinajstić information content (AvgIpc) is 2.81. The summed E-state index contributed by atoms with van der Waals surface area (Å²) < 4.78 is 8.26. The highest BCUT2D eigenvalue weighted by Gasteiger charge is 2.50. The average molecular weight is 324 g/mol. The largest absolute Gasteiger partial charge is 0.424 e. The van der Waals surface area contributed by atoms with Crippen LogP contribution in [0.4, 0.5) is 0 Å². The van der Waals surface area contributed by atoms with E-state index in [2.05, 4.69) is 0 Å². The number of carbonyl (C=O) groups excluding carboxylic acids is 4. The maximum absolute atomic E-state index is 11.8. The van der Waals surface area contributed by atoms with Crippen molar-refractivity contribution in [2.24, 2.45) is 0 Å².